The van der Waals surface area contributed by atoms with E-state index in [9.17, 15) is 4.79 Å². The number of rotatable bonds is 2. The Labute approximate surface area is 79.6 Å². The molecule has 72 valence electrons. The van der Waals surface area contributed by atoms with Crippen molar-refractivity contribution in [1.82, 2.24) is 4.90 Å². The number of allylic oxidation sites excluding steroid dienone is 2. The molecule has 2 heteroatoms. The first-order valence-electron chi connectivity index (χ1n) is 5.23. The average Bonchev–Trinajstić information content (AvgIpc) is 2.71. The molecule has 0 radical (unpaired) electrons. The van der Waals surface area contributed by atoms with Crippen molar-refractivity contribution in [3.8, 4) is 0 Å². The van der Waals surface area contributed by atoms with Gasteiger partial charge in [0.25, 0.3) is 0 Å². The van der Waals surface area contributed by atoms with Gasteiger partial charge in [0, 0.05) is 18.8 Å². The van der Waals surface area contributed by atoms with Gasteiger partial charge in [0.15, 0.2) is 0 Å². The van der Waals surface area contributed by atoms with Gasteiger partial charge in [0.1, 0.15) is 6.29 Å². The zero-order valence-corrected chi connectivity index (χ0v) is 8.20. The lowest BCUT2D eigenvalue weighted by Gasteiger charge is -2.23. The predicted molar refractivity (Wildman–Crippen MR) is 52.2 cm³/mol. The number of carbonyl (C=O) groups excluding carboxylic acids is 1. The Kier molecular flexibility index (Phi) is 2.38. The van der Waals surface area contributed by atoms with Crippen molar-refractivity contribution in [3.63, 3.8) is 0 Å². The Balaban J connectivity index is 2.09. The number of nitrogens with zero attached hydrogens (tertiary/aromatic N) is 1. The summed E-state index contributed by atoms with van der Waals surface area (Å²) in [6.07, 6.45) is 7.04. The van der Waals surface area contributed by atoms with Crippen LogP contribution in [0.25, 0.3) is 0 Å². The molecule has 0 amide bonds. The standard InChI is InChI=1S/C11H17NO/c1-9-4-5-11(10(9)8-13)12-6-2-3-7-12/h5,8-10H,2-4,6-7H2,1H3. The van der Waals surface area contributed by atoms with E-state index >= 15 is 0 Å². The van der Waals surface area contributed by atoms with E-state index in [1.807, 2.05) is 0 Å². The summed E-state index contributed by atoms with van der Waals surface area (Å²) in [5, 5.41) is 0. The Morgan fingerprint density at radius 1 is 1.46 bits per heavy atom. The molecule has 1 aliphatic heterocycles. The third-order valence-corrected chi connectivity index (χ3v) is 3.27. The summed E-state index contributed by atoms with van der Waals surface area (Å²) in [7, 11) is 0. The van der Waals surface area contributed by atoms with E-state index in [0.29, 0.717) is 5.92 Å². The zero-order chi connectivity index (χ0) is 9.26. The van der Waals surface area contributed by atoms with Gasteiger partial charge in [-0.25, -0.2) is 0 Å². The van der Waals surface area contributed by atoms with Crippen molar-refractivity contribution in [2.75, 3.05) is 13.1 Å². The van der Waals surface area contributed by atoms with Crippen molar-refractivity contribution in [2.24, 2.45) is 11.8 Å². The van der Waals surface area contributed by atoms with E-state index in [4.69, 9.17) is 0 Å². The Morgan fingerprint density at radius 3 is 2.77 bits per heavy atom. The van der Waals surface area contributed by atoms with E-state index in [1.165, 1.54) is 18.5 Å². The third-order valence-electron chi connectivity index (χ3n) is 3.27. The average molecular weight is 179 g/mol. The first kappa shape index (κ1) is 8.79. The zero-order valence-electron chi connectivity index (χ0n) is 8.20. The van der Waals surface area contributed by atoms with Crippen molar-refractivity contribution < 1.29 is 4.79 Å². The summed E-state index contributed by atoms with van der Waals surface area (Å²) in [4.78, 5) is 13.3. The number of hydrogen-bond donors (Lipinski definition) is 0. The van der Waals surface area contributed by atoms with Gasteiger partial charge in [-0.1, -0.05) is 13.0 Å². The maximum Gasteiger partial charge on any atom is 0.129 e. The van der Waals surface area contributed by atoms with Gasteiger partial charge in [-0.3, -0.25) is 0 Å². The topological polar surface area (TPSA) is 20.3 Å². The summed E-state index contributed by atoms with van der Waals surface area (Å²) in [5.41, 5.74) is 1.31. The summed E-state index contributed by atoms with van der Waals surface area (Å²) >= 11 is 0. The lowest BCUT2D eigenvalue weighted by molar-refractivity contribution is -0.111. The monoisotopic (exact) mass is 179 g/mol. The molecule has 13 heavy (non-hydrogen) atoms. The molecule has 2 unspecified atom stereocenters. The van der Waals surface area contributed by atoms with Crippen LogP contribution in [-0.4, -0.2) is 24.3 Å². The highest BCUT2D eigenvalue weighted by atomic mass is 16.1. The molecule has 1 aliphatic carbocycles. The first-order chi connectivity index (χ1) is 6.33. The Bertz CT molecular complexity index is 228. The molecule has 2 atom stereocenters. The molecule has 0 bridgehead atoms. The Hall–Kier alpha value is -0.790. The van der Waals surface area contributed by atoms with E-state index in [1.54, 1.807) is 0 Å². The van der Waals surface area contributed by atoms with Crippen LogP contribution in [0, 0.1) is 11.8 Å². The van der Waals surface area contributed by atoms with Crippen LogP contribution in [0.1, 0.15) is 26.2 Å². The van der Waals surface area contributed by atoms with E-state index in [2.05, 4.69) is 17.9 Å². The molecular formula is C11H17NO. The van der Waals surface area contributed by atoms with E-state index in [0.717, 1.165) is 25.8 Å². The quantitative estimate of drug-likeness (QED) is 0.603. The van der Waals surface area contributed by atoms with Crippen LogP contribution in [0.15, 0.2) is 11.8 Å². The van der Waals surface area contributed by atoms with Crippen LogP contribution in [0.2, 0.25) is 0 Å². The second kappa shape index (κ2) is 3.52. The minimum absolute atomic E-state index is 0.179. The molecule has 1 fully saturated rings. The van der Waals surface area contributed by atoms with Crippen LogP contribution in [0.5, 0.6) is 0 Å². The highest BCUT2D eigenvalue weighted by Crippen LogP contribution is 2.33. The molecule has 0 aromatic carbocycles. The molecular weight excluding hydrogens is 162 g/mol. The molecule has 0 saturated carbocycles. The number of aldehydes is 1. The Morgan fingerprint density at radius 2 is 2.15 bits per heavy atom. The molecule has 0 spiro atoms. The van der Waals surface area contributed by atoms with Crippen LogP contribution >= 0.6 is 0 Å². The van der Waals surface area contributed by atoms with Gasteiger partial charge >= 0.3 is 0 Å². The summed E-state index contributed by atoms with van der Waals surface area (Å²) in [6.45, 7) is 4.48. The fourth-order valence-corrected chi connectivity index (χ4v) is 2.40. The van der Waals surface area contributed by atoms with Gasteiger partial charge in [-0.05, 0) is 25.2 Å². The summed E-state index contributed by atoms with van der Waals surface area (Å²) in [5.74, 6) is 0.700. The molecule has 2 rings (SSSR count). The molecule has 2 nitrogen and oxygen atoms in total. The highest BCUT2D eigenvalue weighted by Gasteiger charge is 2.30. The molecule has 0 aromatic heterocycles. The summed E-state index contributed by atoms with van der Waals surface area (Å²) in [6, 6.07) is 0. The largest absolute Gasteiger partial charge is 0.374 e. The maximum atomic E-state index is 10.9. The van der Waals surface area contributed by atoms with Gasteiger partial charge in [-0.15, -0.1) is 0 Å². The normalized spacial score (nSPS) is 33.6. The van der Waals surface area contributed by atoms with Crippen molar-refractivity contribution in [3.05, 3.63) is 11.8 Å². The first-order valence-corrected chi connectivity index (χ1v) is 5.23. The second-order valence-corrected chi connectivity index (χ2v) is 4.20. The smallest absolute Gasteiger partial charge is 0.129 e. The number of likely N-dealkylation sites (tertiary alicyclic amines) is 1. The molecule has 2 aliphatic rings. The minimum Gasteiger partial charge on any atom is -0.374 e. The fourth-order valence-electron chi connectivity index (χ4n) is 2.40. The van der Waals surface area contributed by atoms with E-state index in [-0.39, 0.29) is 5.92 Å². The second-order valence-electron chi connectivity index (χ2n) is 4.20. The molecule has 1 heterocycles. The van der Waals surface area contributed by atoms with Crippen LogP contribution in [0.4, 0.5) is 0 Å². The number of hydrogen-bond acceptors (Lipinski definition) is 2. The molecule has 0 N–H and O–H groups in total. The van der Waals surface area contributed by atoms with Crippen LogP contribution in [-0.2, 0) is 4.79 Å². The molecule has 0 aromatic rings. The maximum absolute atomic E-state index is 10.9. The molecule has 1 saturated heterocycles. The highest BCUT2D eigenvalue weighted by molar-refractivity contribution is 5.60. The van der Waals surface area contributed by atoms with E-state index < -0.39 is 0 Å². The van der Waals surface area contributed by atoms with Gasteiger partial charge < -0.3 is 9.69 Å². The lowest BCUT2D eigenvalue weighted by Crippen LogP contribution is -2.25. The van der Waals surface area contributed by atoms with Crippen molar-refractivity contribution in [2.45, 2.75) is 26.2 Å². The van der Waals surface area contributed by atoms with Crippen molar-refractivity contribution in [1.29, 1.82) is 0 Å². The van der Waals surface area contributed by atoms with Crippen molar-refractivity contribution >= 4 is 6.29 Å². The van der Waals surface area contributed by atoms with Gasteiger partial charge in [0.05, 0.1) is 5.92 Å². The SMILES string of the molecule is CC1CC=C(N2CCCC2)C1C=O. The minimum atomic E-state index is 0.179. The summed E-state index contributed by atoms with van der Waals surface area (Å²) < 4.78 is 0. The lowest BCUT2D eigenvalue weighted by atomic mass is 9.97. The van der Waals surface area contributed by atoms with Gasteiger partial charge in [-0.2, -0.15) is 0 Å². The van der Waals surface area contributed by atoms with Gasteiger partial charge in [0.2, 0.25) is 0 Å². The predicted octanol–water partition coefficient (Wildman–Crippen LogP) is 1.82. The van der Waals surface area contributed by atoms with Crippen LogP contribution < -0.4 is 0 Å². The van der Waals surface area contributed by atoms with Crippen LogP contribution in [0.3, 0.4) is 0 Å². The number of carbonyl (C=O) groups is 1. The third kappa shape index (κ3) is 1.50. The fraction of sp³-hybridized carbons (Fsp3) is 0.727.